The van der Waals surface area contributed by atoms with E-state index < -0.39 is 17.8 Å². The molecule has 0 spiro atoms. The molecule has 1 atom stereocenters. The third-order valence-electron chi connectivity index (χ3n) is 4.02. The lowest BCUT2D eigenvalue weighted by molar-refractivity contribution is -0.137. The molecule has 1 heterocycles. The third kappa shape index (κ3) is 3.85. The zero-order chi connectivity index (χ0) is 19.8. The van der Waals surface area contributed by atoms with Crippen LogP contribution in [0.25, 0.3) is 11.4 Å². The number of nitrogens with zero attached hydrogens (tertiary/aromatic N) is 3. The Morgan fingerprint density at radius 3 is 2.52 bits per heavy atom. The van der Waals surface area contributed by atoms with Gasteiger partial charge in [0.1, 0.15) is 5.75 Å². The van der Waals surface area contributed by atoms with Crippen LogP contribution in [-0.4, -0.2) is 14.8 Å². The van der Waals surface area contributed by atoms with Gasteiger partial charge in [0.05, 0.1) is 11.3 Å². The topological polar surface area (TPSA) is 66.0 Å². The van der Waals surface area contributed by atoms with E-state index in [1.807, 2.05) is 0 Å². The van der Waals surface area contributed by atoms with Crippen molar-refractivity contribution >= 4 is 17.3 Å². The van der Waals surface area contributed by atoms with Gasteiger partial charge < -0.3 is 15.0 Å². The van der Waals surface area contributed by atoms with Crippen molar-refractivity contribution in [3.05, 3.63) is 58.9 Å². The number of rotatable bonds is 4. The normalized spacial score (nSPS) is 12.8. The zero-order valence-corrected chi connectivity index (χ0v) is 15.2. The molecule has 0 saturated carbocycles. The minimum atomic E-state index is -4.50. The number of nitrogen functional groups attached to an aromatic ring is 1. The molecule has 0 bridgehead atoms. The minimum absolute atomic E-state index is 0.0514. The molecule has 9 heteroatoms. The predicted octanol–water partition coefficient (Wildman–Crippen LogP) is 4.88. The maximum Gasteiger partial charge on any atom is 0.417 e. The van der Waals surface area contributed by atoms with E-state index in [0.717, 1.165) is 6.07 Å². The first-order valence-corrected chi connectivity index (χ1v) is 8.34. The SMILES string of the molecule is C[C@H](Oc1ccc(Cl)cc1N)c1nnc(-c2ccccc2C(F)(F)F)n1C. The largest absolute Gasteiger partial charge is 0.481 e. The van der Waals surface area contributed by atoms with Crippen LogP contribution in [0.4, 0.5) is 18.9 Å². The number of ether oxygens (including phenoxy) is 1. The fourth-order valence-electron chi connectivity index (χ4n) is 2.72. The molecule has 2 N–H and O–H groups in total. The lowest BCUT2D eigenvalue weighted by Crippen LogP contribution is -2.12. The van der Waals surface area contributed by atoms with Crippen LogP contribution in [0.2, 0.25) is 5.02 Å². The van der Waals surface area contributed by atoms with Gasteiger partial charge in [-0.3, -0.25) is 0 Å². The number of anilines is 1. The maximum atomic E-state index is 13.3. The molecule has 5 nitrogen and oxygen atoms in total. The van der Waals surface area contributed by atoms with Crippen LogP contribution in [0.1, 0.15) is 24.4 Å². The summed E-state index contributed by atoms with van der Waals surface area (Å²) in [6.45, 7) is 1.71. The third-order valence-corrected chi connectivity index (χ3v) is 4.26. The lowest BCUT2D eigenvalue weighted by atomic mass is 10.1. The highest BCUT2D eigenvalue weighted by Gasteiger charge is 2.34. The highest BCUT2D eigenvalue weighted by atomic mass is 35.5. The second-order valence-electron chi connectivity index (χ2n) is 5.93. The van der Waals surface area contributed by atoms with Gasteiger partial charge in [-0.2, -0.15) is 13.2 Å². The van der Waals surface area contributed by atoms with Gasteiger partial charge in [-0.15, -0.1) is 10.2 Å². The molecule has 3 aromatic rings. The molecule has 3 rings (SSSR count). The average molecular weight is 397 g/mol. The summed E-state index contributed by atoms with van der Waals surface area (Å²) in [6, 6.07) is 10.0. The number of hydrogen-bond donors (Lipinski definition) is 1. The van der Waals surface area contributed by atoms with Gasteiger partial charge in [-0.1, -0.05) is 29.8 Å². The summed E-state index contributed by atoms with van der Waals surface area (Å²) in [7, 11) is 1.59. The summed E-state index contributed by atoms with van der Waals surface area (Å²) in [4.78, 5) is 0. The lowest BCUT2D eigenvalue weighted by Gasteiger charge is -2.16. The van der Waals surface area contributed by atoms with Gasteiger partial charge in [0.25, 0.3) is 0 Å². The average Bonchev–Trinajstić information content (AvgIpc) is 2.98. The second-order valence-corrected chi connectivity index (χ2v) is 6.36. The van der Waals surface area contributed by atoms with Gasteiger partial charge in [0.15, 0.2) is 17.8 Å². The molecule has 0 aliphatic rings. The molecule has 0 amide bonds. The Hall–Kier alpha value is -2.74. The van der Waals surface area contributed by atoms with Gasteiger partial charge in [0.2, 0.25) is 0 Å². The molecule has 0 saturated heterocycles. The van der Waals surface area contributed by atoms with E-state index in [-0.39, 0.29) is 11.4 Å². The van der Waals surface area contributed by atoms with Crippen molar-refractivity contribution < 1.29 is 17.9 Å². The predicted molar refractivity (Wildman–Crippen MR) is 96.3 cm³/mol. The molecule has 0 aliphatic carbocycles. The second kappa shape index (κ2) is 7.11. The monoisotopic (exact) mass is 396 g/mol. The summed E-state index contributed by atoms with van der Waals surface area (Å²) >= 11 is 5.86. The highest BCUT2D eigenvalue weighted by Crippen LogP contribution is 2.37. The fraction of sp³-hybridized carbons (Fsp3) is 0.222. The fourth-order valence-corrected chi connectivity index (χ4v) is 2.91. The molecule has 0 fully saturated rings. The Morgan fingerprint density at radius 1 is 1.15 bits per heavy atom. The number of alkyl halides is 3. The Bertz CT molecular complexity index is 971. The van der Waals surface area contributed by atoms with Crippen molar-refractivity contribution in [1.29, 1.82) is 0 Å². The van der Waals surface area contributed by atoms with Crippen molar-refractivity contribution in [2.75, 3.05) is 5.73 Å². The first kappa shape index (κ1) is 19.0. The van der Waals surface area contributed by atoms with E-state index in [0.29, 0.717) is 22.3 Å². The van der Waals surface area contributed by atoms with Crippen molar-refractivity contribution in [3.8, 4) is 17.1 Å². The van der Waals surface area contributed by atoms with Crippen molar-refractivity contribution in [2.24, 2.45) is 7.05 Å². The van der Waals surface area contributed by atoms with Crippen LogP contribution in [0.15, 0.2) is 42.5 Å². The number of benzene rings is 2. The van der Waals surface area contributed by atoms with Crippen LogP contribution in [-0.2, 0) is 13.2 Å². The molecule has 0 unspecified atom stereocenters. The maximum absolute atomic E-state index is 13.3. The molecular weight excluding hydrogens is 381 g/mol. The molecule has 142 valence electrons. The number of aromatic nitrogens is 3. The van der Waals surface area contributed by atoms with Crippen molar-refractivity contribution in [3.63, 3.8) is 0 Å². The van der Waals surface area contributed by atoms with Crippen LogP contribution in [0, 0.1) is 0 Å². The molecule has 2 aromatic carbocycles. The summed E-state index contributed by atoms with van der Waals surface area (Å²) in [5.74, 6) is 0.848. The van der Waals surface area contributed by atoms with Crippen molar-refractivity contribution in [1.82, 2.24) is 14.8 Å². The first-order chi connectivity index (χ1) is 12.7. The molecular formula is C18H16ClF3N4O. The van der Waals surface area contributed by atoms with Crippen LogP contribution >= 0.6 is 11.6 Å². The zero-order valence-electron chi connectivity index (χ0n) is 14.5. The molecule has 0 aliphatic heterocycles. The van der Waals surface area contributed by atoms with E-state index in [1.165, 1.54) is 22.8 Å². The van der Waals surface area contributed by atoms with Gasteiger partial charge >= 0.3 is 6.18 Å². The van der Waals surface area contributed by atoms with Crippen LogP contribution < -0.4 is 10.5 Å². The number of nitrogens with two attached hydrogens (primary N) is 1. The smallest absolute Gasteiger partial charge is 0.417 e. The summed E-state index contributed by atoms with van der Waals surface area (Å²) in [5.41, 5.74) is 5.39. The Labute approximate surface area is 158 Å². The number of hydrogen-bond acceptors (Lipinski definition) is 4. The highest BCUT2D eigenvalue weighted by molar-refractivity contribution is 6.30. The van der Waals surface area contributed by atoms with Gasteiger partial charge in [-0.05, 0) is 31.2 Å². The standard InChI is InChI=1S/C18H16ClF3N4O/c1-10(27-15-8-7-11(19)9-14(15)23)16-24-25-17(26(16)2)12-5-3-4-6-13(12)18(20,21)22/h3-10H,23H2,1-2H3/t10-/m0/s1. The Balaban J connectivity index is 1.94. The van der Waals surface area contributed by atoms with E-state index in [9.17, 15) is 13.2 Å². The van der Waals surface area contributed by atoms with Gasteiger partial charge in [0, 0.05) is 17.6 Å². The van der Waals surface area contributed by atoms with E-state index in [1.54, 1.807) is 32.2 Å². The minimum Gasteiger partial charge on any atom is -0.481 e. The van der Waals surface area contributed by atoms with E-state index in [2.05, 4.69) is 10.2 Å². The Morgan fingerprint density at radius 2 is 1.85 bits per heavy atom. The van der Waals surface area contributed by atoms with Gasteiger partial charge in [-0.25, -0.2) is 0 Å². The Kier molecular flexibility index (Phi) is 5.01. The molecule has 27 heavy (non-hydrogen) atoms. The number of halogens is 4. The van der Waals surface area contributed by atoms with Crippen molar-refractivity contribution in [2.45, 2.75) is 19.2 Å². The first-order valence-electron chi connectivity index (χ1n) is 7.96. The van der Waals surface area contributed by atoms with E-state index >= 15 is 0 Å². The van der Waals surface area contributed by atoms with Crippen LogP contribution in [0.3, 0.4) is 0 Å². The summed E-state index contributed by atoms with van der Waals surface area (Å²) in [6.07, 6.45) is -5.10. The molecule has 1 aromatic heterocycles. The van der Waals surface area contributed by atoms with E-state index in [4.69, 9.17) is 22.1 Å². The summed E-state index contributed by atoms with van der Waals surface area (Å²) < 4.78 is 47.1. The quantitative estimate of drug-likeness (QED) is 0.638. The van der Waals surface area contributed by atoms with Crippen LogP contribution in [0.5, 0.6) is 5.75 Å². The summed E-state index contributed by atoms with van der Waals surface area (Å²) in [5, 5.41) is 8.42. The molecule has 0 radical (unpaired) electrons.